The van der Waals surface area contributed by atoms with Crippen LogP contribution in [0.1, 0.15) is 12.0 Å². The van der Waals surface area contributed by atoms with Gasteiger partial charge in [-0.25, -0.2) is 0 Å². The van der Waals surface area contributed by atoms with Gasteiger partial charge in [0.15, 0.2) is 0 Å². The molecule has 0 heterocycles. The Balaban J connectivity index is 2.41. The van der Waals surface area contributed by atoms with E-state index in [1.54, 1.807) is 4.90 Å². The predicted octanol–water partition coefficient (Wildman–Crippen LogP) is 1.25. The van der Waals surface area contributed by atoms with E-state index in [9.17, 15) is 4.79 Å². The van der Waals surface area contributed by atoms with Crippen LogP contribution in [0, 0.1) is 0 Å². The first-order valence-corrected chi connectivity index (χ1v) is 5.16. The van der Waals surface area contributed by atoms with E-state index < -0.39 is 0 Å². The van der Waals surface area contributed by atoms with Crippen molar-refractivity contribution in [1.82, 2.24) is 10.2 Å². The van der Waals surface area contributed by atoms with E-state index in [0.29, 0.717) is 13.0 Å². The smallest absolute Gasteiger partial charge is 0.223 e. The van der Waals surface area contributed by atoms with Gasteiger partial charge in [-0.15, -0.1) is 0 Å². The van der Waals surface area contributed by atoms with Gasteiger partial charge in [-0.2, -0.15) is 0 Å². The second kappa shape index (κ2) is 6.19. The molecule has 0 fully saturated rings. The van der Waals surface area contributed by atoms with Crippen LogP contribution in [0.4, 0.5) is 0 Å². The first-order valence-electron chi connectivity index (χ1n) is 5.16. The van der Waals surface area contributed by atoms with Crippen LogP contribution in [0.25, 0.3) is 0 Å². The molecule has 3 nitrogen and oxygen atoms in total. The van der Waals surface area contributed by atoms with E-state index in [4.69, 9.17) is 0 Å². The van der Waals surface area contributed by atoms with Crippen LogP contribution in [-0.2, 0) is 11.3 Å². The average molecular weight is 206 g/mol. The summed E-state index contributed by atoms with van der Waals surface area (Å²) in [6, 6.07) is 10.0. The van der Waals surface area contributed by atoms with Crippen molar-refractivity contribution in [2.45, 2.75) is 13.0 Å². The molecule has 3 heteroatoms. The van der Waals surface area contributed by atoms with E-state index in [2.05, 4.69) is 5.32 Å². The third-order valence-corrected chi connectivity index (χ3v) is 2.28. The van der Waals surface area contributed by atoms with Gasteiger partial charge in [0.25, 0.3) is 0 Å². The van der Waals surface area contributed by atoms with Gasteiger partial charge >= 0.3 is 0 Å². The van der Waals surface area contributed by atoms with Crippen LogP contribution in [-0.4, -0.2) is 31.4 Å². The summed E-state index contributed by atoms with van der Waals surface area (Å²) in [4.78, 5) is 13.3. The number of nitrogens with zero attached hydrogens (tertiary/aromatic N) is 1. The number of hydrogen-bond acceptors (Lipinski definition) is 2. The molecule has 1 rings (SSSR count). The van der Waals surface area contributed by atoms with Gasteiger partial charge in [-0.1, -0.05) is 30.3 Å². The SMILES string of the molecule is CNCCC(=O)N(C)Cc1ccccc1. The molecule has 1 aromatic rings. The number of carbonyl (C=O) groups is 1. The largest absolute Gasteiger partial charge is 0.341 e. The second-order valence-electron chi connectivity index (χ2n) is 3.59. The highest BCUT2D eigenvalue weighted by Crippen LogP contribution is 2.03. The summed E-state index contributed by atoms with van der Waals surface area (Å²) < 4.78 is 0. The highest BCUT2D eigenvalue weighted by atomic mass is 16.2. The molecule has 0 saturated heterocycles. The zero-order chi connectivity index (χ0) is 11.1. The summed E-state index contributed by atoms with van der Waals surface area (Å²) in [5.74, 6) is 0.174. The molecule has 0 aliphatic carbocycles. The molecule has 0 aromatic heterocycles. The normalized spacial score (nSPS) is 10.0. The van der Waals surface area contributed by atoms with Crippen molar-refractivity contribution in [1.29, 1.82) is 0 Å². The fraction of sp³-hybridized carbons (Fsp3) is 0.417. The van der Waals surface area contributed by atoms with Crippen molar-refractivity contribution in [2.24, 2.45) is 0 Å². The van der Waals surface area contributed by atoms with Gasteiger partial charge in [-0.3, -0.25) is 4.79 Å². The zero-order valence-electron chi connectivity index (χ0n) is 9.36. The minimum absolute atomic E-state index is 0.174. The Labute approximate surface area is 91.1 Å². The molecular formula is C12H18N2O. The van der Waals surface area contributed by atoms with Gasteiger partial charge in [0.05, 0.1) is 0 Å². The lowest BCUT2D eigenvalue weighted by Gasteiger charge is -2.17. The molecule has 0 bridgehead atoms. The molecule has 1 amide bonds. The molecule has 0 unspecified atom stereocenters. The van der Waals surface area contributed by atoms with E-state index in [1.807, 2.05) is 44.4 Å². The molecule has 0 radical (unpaired) electrons. The third-order valence-electron chi connectivity index (χ3n) is 2.28. The molecule has 0 saturated carbocycles. The molecule has 82 valence electrons. The Bertz CT molecular complexity index is 298. The minimum Gasteiger partial charge on any atom is -0.341 e. The standard InChI is InChI=1S/C12H18N2O/c1-13-9-8-12(15)14(2)10-11-6-4-3-5-7-11/h3-7,13H,8-10H2,1-2H3. The highest BCUT2D eigenvalue weighted by Gasteiger charge is 2.07. The monoisotopic (exact) mass is 206 g/mol. The second-order valence-corrected chi connectivity index (χ2v) is 3.59. The Morgan fingerprint density at radius 3 is 2.60 bits per heavy atom. The van der Waals surface area contributed by atoms with Crippen molar-refractivity contribution in [3.05, 3.63) is 35.9 Å². The van der Waals surface area contributed by atoms with Crippen molar-refractivity contribution >= 4 is 5.91 Å². The number of nitrogens with one attached hydrogen (secondary N) is 1. The molecule has 0 spiro atoms. The average Bonchev–Trinajstić information content (AvgIpc) is 2.27. The maximum absolute atomic E-state index is 11.6. The zero-order valence-corrected chi connectivity index (χ0v) is 9.36. The molecular weight excluding hydrogens is 188 g/mol. The van der Waals surface area contributed by atoms with Crippen molar-refractivity contribution in [3.8, 4) is 0 Å². The van der Waals surface area contributed by atoms with Crippen LogP contribution < -0.4 is 5.32 Å². The number of hydrogen-bond donors (Lipinski definition) is 1. The number of benzene rings is 1. The number of amides is 1. The summed E-state index contributed by atoms with van der Waals surface area (Å²) in [5, 5.41) is 2.97. The molecule has 0 atom stereocenters. The van der Waals surface area contributed by atoms with Gasteiger partial charge in [0.2, 0.25) is 5.91 Å². The summed E-state index contributed by atoms with van der Waals surface area (Å²) in [6.07, 6.45) is 0.555. The lowest BCUT2D eigenvalue weighted by atomic mass is 10.2. The molecule has 0 aliphatic heterocycles. The molecule has 1 aromatic carbocycles. The summed E-state index contributed by atoms with van der Waals surface area (Å²) in [6.45, 7) is 1.42. The maximum atomic E-state index is 11.6. The van der Waals surface area contributed by atoms with Crippen molar-refractivity contribution in [3.63, 3.8) is 0 Å². The fourth-order valence-electron chi connectivity index (χ4n) is 1.37. The first kappa shape index (κ1) is 11.7. The molecule has 15 heavy (non-hydrogen) atoms. The van der Waals surface area contributed by atoms with Crippen LogP contribution in [0.3, 0.4) is 0 Å². The maximum Gasteiger partial charge on any atom is 0.223 e. The predicted molar refractivity (Wildman–Crippen MR) is 61.5 cm³/mol. The van der Waals surface area contributed by atoms with E-state index in [1.165, 1.54) is 0 Å². The Morgan fingerprint density at radius 2 is 2.00 bits per heavy atom. The quantitative estimate of drug-likeness (QED) is 0.786. The number of carbonyl (C=O) groups excluding carboxylic acids is 1. The summed E-state index contributed by atoms with van der Waals surface area (Å²) >= 11 is 0. The van der Waals surface area contributed by atoms with Crippen LogP contribution >= 0.6 is 0 Å². The Morgan fingerprint density at radius 1 is 1.33 bits per heavy atom. The first-order chi connectivity index (χ1) is 7.24. The van der Waals surface area contributed by atoms with Crippen molar-refractivity contribution in [2.75, 3.05) is 20.6 Å². The lowest BCUT2D eigenvalue weighted by molar-refractivity contribution is -0.130. The topological polar surface area (TPSA) is 32.3 Å². The van der Waals surface area contributed by atoms with E-state index in [-0.39, 0.29) is 5.91 Å². The Kier molecular flexibility index (Phi) is 4.84. The van der Waals surface area contributed by atoms with Gasteiger partial charge < -0.3 is 10.2 Å². The van der Waals surface area contributed by atoms with Gasteiger partial charge in [0.1, 0.15) is 0 Å². The van der Waals surface area contributed by atoms with Crippen LogP contribution in [0.2, 0.25) is 0 Å². The molecule has 1 N–H and O–H groups in total. The number of rotatable bonds is 5. The summed E-state index contributed by atoms with van der Waals surface area (Å²) in [5.41, 5.74) is 1.16. The molecule has 0 aliphatic rings. The van der Waals surface area contributed by atoms with Crippen molar-refractivity contribution < 1.29 is 4.79 Å². The van der Waals surface area contributed by atoms with E-state index >= 15 is 0 Å². The van der Waals surface area contributed by atoms with Gasteiger partial charge in [0, 0.05) is 26.6 Å². The fourth-order valence-corrected chi connectivity index (χ4v) is 1.37. The highest BCUT2D eigenvalue weighted by molar-refractivity contribution is 5.76. The lowest BCUT2D eigenvalue weighted by Crippen LogP contribution is -2.28. The van der Waals surface area contributed by atoms with Crippen LogP contribution in [0.5, 0.6) is 0 Å². The van der Waals surface area contributed by atoms with Gasteiger partial charge in [-0.05, 0) is 12.6 Å². The van der Waals surface area contributed by atoms with E-state index in [0.717, 1.165) is 12.1 Å². The Hall–Kier alpha value is -1.35. The summed E-state index contributed by atoms with van der Waals surface area (Å²) in [7, 11) is 3.69. The minimum atomic E-state index is 0.174. The third kappa shape index (κ3) is 4.13. The van der Waals surface area contributed by atoms with Crippen LogP contribution in [0.15, 0.2) is 30.3 Å².